The van der Waals surface area contributed by atoms with Gasteiger partial charge in [-0.1, -0.05) is 27.7 Å². The number of nitrogens with one attached hydrogen (secondary N) is 1. The Labute approximate surface area is 125 Å². The van der Waals surface area contributed by atoms with Crippen molar-refractivity contribution in [3.8, 4) is 10.6 Å². The zero-order chi connectivity index (χ0) is 14.6. The first-order valence-corrected chi connectivity index (χ1v) is 7.95. The molecule has 0 amide bonds. The van der Waals surface area contributed by atoms with E-state index in [1.54, 1.807) is 17.5 Å². The normalized spacial score (nSPS) is 11.8. The molecule has 1 N–H and O–H groups in total. The van der Waals surface area contributed by atoms with Gasteiger partial charge in [-0.25, -0.2) is 4.98 Å². The number of hydrogen-bond acceptors (Lipinski definition) is 4. The summed E-state index contributed by atoms with van der Waals surface area (Å²) in [5.74, 6) is 0. The molecule has 2 heterocycles. The average Bonchev–Trinajstić information content (AvgIpc) is 2.84. The maximum atomic E-state index is 4.87. The van der Waals surface area contributed by atoms with Gasteiger partial charge in [0.15, 0.2) is 0 Å². The van der Waals surface area contributed by atoms with Crippen molar-refractivity contribution < 1.29 is 0 Å². The molecule has 2 rings (SSSR count). The third kappa shape index (κ3) is 3.64. The Morgan fingerprint density at radius 1 is 1.30 bits per heavy atom. The van der Waals surface area contributed by atoms with Crippen LogP contribution in [0.25, 0.3) is 10.6 Å². The molecule has 0 radical (unpaired) electrons. The first-order chi connectivity index (χ1) is 9.52. The summed E-state index contributed by atoms with van der Waals surface area (Å²) in [6.07, 6.45) is 4.83. The predicted molar refractivity (Wildman–Crippen MR) is 86.0 cm³/mol. The van der Waals surface area contributed by atoms with E-state index in [4.69, 9.17) is 4.98 Å². The maximum Gasteiger partial charge on any atom is 0.125 e. The van der Waals surface area contributed by atoms with E-state index in [0.29, 0.717) is 0 Å². The van der Waals surface area contributed by atoms with Crippen LogP contribution in [0.1, 0.15) is 44.7 Å². The summed E-state index contributed by atoms with van der Waals surface area (Å²) in [6.45, 7) is 10.8. The van der Waals surface area contributed by atoms with Crippen molar-refractivity contribution in [2.75, 3.05) is 6.54 Å². The van der Waals surface area contributed by atoms with Gasteiger partial charge in [-0.05, 0) is 25.1 Å². The summed E-state index contributed by atoms with van der Waals surface area (Å²) < 4.78 is 0. The highest BCUT2D eigenvalue weighted by molar-refractivity contribution is 7.15. The van der Waals surface area contributed by atoms with Crippen molar-refractivity contribution in [1.29, 1.82) is 0 Å². The lowest BCUT2D eigenvalue weighted by Gasteiger charge is -2.17. The van der Waals surface area contributed by atoms with Crippen molar-refractivity contribution in [2.24, 2.45) is 0 Å². The molecule has 0 saturated heterocycles. The fourth-order valence-corrected chi connectivity index (χ4v) is 3.28. The SMILES string of the molecule is CCCNCc1sc(-c2cccnc2)nc1C(C)(C)C. The highest BCUT2D eigenvalue weighted by atomic mass is 32.1. The number of hydrogen-bond donors (Lipinski definition) is 1. The average molecular weight is 289 g/mol. The Balaban J connectivity index is 2.32. The summed E-state index contributed by atoms with van der Waals surface area (Å²) >= 11 is 1.78. The summed E-state index contributed by atoms with van der Waals surface area (Å²) in [5, 5.41) is 4.55. The number of nitrogens with zero attached hydrogens (tertiary/aromatic N) is 2. The van der Waals surface area contributed by atoms with Gasteiger partial charge < -0.3 is 5.32 Å². The molecule has 3 nitrogen and oxygen atoms in total. The molecule has 0 unspecified atom stereocenters. The van der Waals surface area contributed by atoms with E-state index in [9.17, 15) is 0 Å². The topological polar surface area (TPSA) is 37.8 Å². The first-order valence-electron chi connectivity index (χ1n) is 7.13. The molecule has 2 aromatic rings. The van der Waals surface area contributed by atoms with Crippen LogP contribution in [0.5, 0.6) is 0 Å². The molecule has 0 aromatic carbocycles. The fourth-order valence-electron chi connectivity index (χ4n) is 2.05. The minimum absolute atomic E-state index is 0.0696. The summed E-state index contributed by atoms with van der Waals surface area (Å²) in [6, 6.07) is 4.03. The van der Waals surface area contributed by atoms with Gasteiger partial charge >= 0.3 is 0 Å². The van der Waals surface area contributed by atoms with Crippen molar-refractivity contribution in [3.63, 3.8) is 0 Å². The van der Waals surface area contributed by atoms with Gasteiger partial charge in [-0.3, -0.25) is 4.98 Å². The molecule has 2 aromatic heterocycles. The Morgan fingerprint density at radius 2 is 2.10 bits per heavy atom. The smallest absolute Gasteiger partial charge is 0.125 e. The van der Waals surface area contributed by atoms with Crippen LogP contribution in [0.3, 0.4) is 0 Å². The fraction of sp³-hybridized carbons (Fsp3) is 0.500. The van der Waals surface area contributed by atoms with Gasteiger partial charge in [-0.15, -0.1) is 11.3 Å². The van der Waals surface area contributed by atoms with Crippen LogP contribution in [0, 0.1) is 0 Å². The lowest BCUT2D eigenvalue weighted by atomic mass is 9.91. The van der Waals surface area contributed by atoms with Gasteiger partial charge in [-0.2, -0.15) is 0 Å². The van der Waals surface area contributed by atoms with Crippen LogP contribution >= 0.6 is 11.3 Å². The van der Waals surface area contributed by atoms with Crippen LogP contribution in [0.2, 0.25) is 0 Å². The van der Waals surface area contributed by atoms with Crippen molar-refractivity contribution in [2.45, 2.75) is 46.1 Å². The lowest BCUT2D eigenvalue weighted by molar-refractivity contribution is 0.559. The third-order valence-electron chi connectivity index (χ3n) is 3.03. The van der Waals surface area contributed by atoms with Crippen molar-refractivity contribution in [3.05, 3.63) is 35.1 Å². The number of aromatic nitrogens is 2. The summed E-state index contributed by atoms with van der Waals surface area (Å²) in [5.41, 5.74) is 2.37. The van der Waals surface area contributed by atoms with E-state index >= 15 is 0 Å². The van der Waals surface area contributed by atoms with Crippen molar-refractivity contribution >= 4 is 11.3 Å². The first kappa shape index (κ1) is 15.1. The molecule has 0 saturated carbocycles. The third-order valence-corrected chi connectivity index (χ3v) is 4.13. The number of pyridine rings is 1. The predicted octanol–water partition coefficient (Wildman–Crippen LogP) is 4.00. The Morgan fingerprint density at radius 3 is 2.70 bits per heavy atom. The molecule has 108 valence electrons. The van der Waals surface area contributed by atoms with E-state index in [-0.39, 0.29) is 5.41 Å². The minimum atomic E-state index is 0.0696. The van der Waals surface area contributed by atoms with E-state index in [1.807, 2.05) is 12.3 Å². The molecular weight excluding hydrogens is 266 g/mol. The van der Waals surface area contributed by atoms with Crippen LogP contribution in [-0.4, -0.2) is 16.5 Å². The summed E-state index contributed by atoms with van der Waals surface area (Å²) in [4.78, 5) is 10.4. The quantitative estimate of drug-likeness (QED) is 0.845. The van der Waals surface area contributed by atoms with Crippen LogP contribution in [0.15, 0.2) is 24.5 Å². The van der Waals surface area contributed by atoms with Gasteiger partial charge in [0.1, 0.15) is 5.01 Å². The molecule has 0 fully saturated rings. The molecule has 0 aliphatic rings. The lowest BCUT2D eigenvalue weighted by Crippen LogP contribution is -2.19. The van der Waals surface area contributed by atoms with E-state index in [1.165, 1.54) is 10.6 Å². The Kier molecular flexibility index (Phi) is 4.89. The van der Waals surface area contributed by atoms with Crippen LogP contribution < -0.4 is 5.32 Å². The van der Waals surface area contributed by atoms with E-state index in [2.05, 4.69) is 44.1 Å². The number of rotatable bonds is 5. The summed E-state index contributed by atoms with van der Waals surface area (Å²) in [7, 11) is 0. The highest BCUT2D eigenvalue weighted by Crippen LogP contribution is 2.34. The molecule has 0 aliphatic heterocycles. The minimum Gasteiger partial charge on any atom is -0.312 e. The standard InChI is InChI=1S/C16H23N3S/c1-5-8-17-11-13-14(16(2,3)4)19-15(20-13)12-7-6-9-18-10-12/h6-7,9-10,17H,5,8,11H2,1-4H3. The Bertz CT molecular complexity index is 541. The van der Waals surface area contributed by atoms with Crippen LogP contribution in [0.4, 0.5) is 0 Å². The molecule has 4 heteroatoms. The Hall–Kier alpha value is -1.26. The van der Waals surface area contributed by atoms with Gasteiger partial charge in [0.2, 0.25) is 0 Å². The molecular formula is C16H23N3S. The zero-order valence-corrected chi connectivity index (χ0v) is 13.5. The van der Waals surface area contributed by atoms with Crippen LogP contribution in [-0.2, 0) is 12.0 Å². The molecule has 0 bridgehead atoms. The zero-order valence-electron chi connectivity index (χ0n) is 12.7. The second-order valence-electron chi connectivity index (χ2n) is 5.96. The second-order valence-corrected chi connectivity index (χ2v) is 7.04. The molecule has 0 atom stereocenters. The molecule has 0 aliphatic carbocycles. The van der Waals surface area contributed by atoms with E-state index < -0.39 is 0 Å². The highest BCUT2D eigenvalue weighted by Gasteiger charge is 2.23. The monoisotopic (exact) mass is 289 g/mol. The van der Waals surface area contributed by atoms with Gasteiger partial charge in [0.25, 0.3) is 0 Å². The van der Waals surface area contributed by atoms with Gasteiger partial charge in [0, 0.05) is 34.8 Å². The maximum absolute atomic E-state index is 4.87. The second kappa shape index (κ2) is 6.46. The van der Waals surface area contributed by atoms with Crippen molar-refractivity contribution in [1.82, 2.24) is 15.3 Å². The molecule has 20 heavy (non-hydrogen) atoms. The van der Waals surface area contributed by atoms with E-state index in [0.717, 1.165) is 30.1 Å². The van der Waals surface area contributed by atoms with Gasteiger partial charge in [0.05, 0.1) is 5.69 Å². The number of thiazole rings is 1. The molecule has 0 spiro atoms. The largest absolute Gasteiger partial charge is 0.312 e.